The molecular formula is C15H22N4OS. The molecule has 0 spiro atoms. The van der Waals surface area contributed by atoms with Crippen molar-refractivity contribution >= 4 is 17.0 Å². The highest BCUT2D eigenvalue weighted by molar-refractivity contribution is 7.10. The van der Waals surface area contributed by atoms with Crippen molar-refractivity contribution in [3.8, 4) is 0 Å². The summed E-state index contributed by atoms with van der Waals surface area (Å²) in [6.45, 7) is 6.97. The van der Waals surface area contributed by atoms with E-state index in [1.807, 2.05) is 29.9 Å². The molecule has 3 rings (SSSR count). The van der Waals surface area contributed by atoms with Gasteiger partial charge in [-0.15, -0.1) is 11.3 Å². The van der Waals surface area contributed by atoms with Gasteiger partial charge in [-0.25, -0.2) is 0 Å². The predicted molar refractivity (Wildman–Crippen MR) is 85.4 cm³/mol. The fraction of sp³-hybridized carbons (Fsp3) is 0.533. The third-order valence-electron chi connectivity index (χ3n) is 4.18. The van der Waals surface area contributed by atoms with Gasteiger partial charge in [-0.1, -0.05) is 0 Å². The van der Waals surface area contributed by atoms with Crippen molar-refractivity contribution in [2.24, 2.45) is 0 Å². The number of rotatable bonds is 4. The van der Waals surface area contributed by atoms with E-state index in [-0.39, 0.29) is 0 Å². The summed E-state index contributed by atoms with van der Waals surface area (Å²) in [5, 5.41) is 16.9. The van der Waals surface area contributed by atoms with Gasteiger partial charge in [-0.05, 0) is 37.3 Å². The number of fused-ring (bicyclic) bond motifs is 1. The van der Waals surface area contributed by atoms with Crippen LogP contribution in [0.1, 0.15) is 21.8 Å². The van der Waals surface area contributed by atoms with Crippen molar-refractivity contribution in [2.75, 3.05) is 18.8 Å². The van der Waals surface area contributed by atoms with Crippen molar-refractivity contribution < 1.29 is 5.11 Å². The lowest BCUT2D eigenvalue weighted by Gasteiger charge is -2.28. The van der Waals surface area contributed by atoms with Crippen LogP contribution in [0.3, 0.4) is 0 Å². The van der Waals surface area contributed by atoms with Crippen LogP contribution in [0.5, 0.6) is 0 Å². The van der Waals surface area contributed by atoms with Crippen LogP contribution in [-0.4, -0.2) is 39.0 Å². The van der Waals surface area contributed by atoms with Crippen LogP contribution in [-0.2, 0) is 19.5 Å². The van der Waals surface area contributed by atoms with Gasteiger partial charge in [0.05, 0.1) is 29.7 Å². The highest BCUT2D eigenvalue weighted by Crippen LogP contribution is 2.24. The number of nitrogens with zero attached hydrogens (tertiary/aromatic N) is 3. The van der Waals surface area contributed by atoms with Gasteiger partial charge in [0, 0.05) is 24.5 Å². The fourth-order valence-corrected chi connectivity index (χ4v) is 3.80. The molecule has 3 N–H and O–H groups in total. The van der Waals surface area contributed by atoms with E-state index in [0.29, 0.717) is 13.1 Å². The Bertz CT molecular complexity index is 634. The number of β-amino-alcohol motifs (C(OH)–C–C–N with tert-alkyl or cyclic N) is 1. The zero-order valence-electron chi connectivity index (χ0n) is 12.5. The number of aryl methyl sites for hydroxylation is 1. The second-order valence-corrected chi connectivity index (χ2v) is 6.78. The number of nitrogen functional groups attached to an aromatic ring is 1. The molecule has 2 aromatic heterocycles. The number of aliphatic hydroxyl groups excluding tert-OH is 1. The number of thiophene rings is 1. The summed E-state index contributed by atoms with van der Waals surface area (Å²) in [5.74, 6) is 0. The van der Waals surface area contributed by atoms with Crippen LogP contribution in [0, 0.1) is 13.8 Å². The van der Waals surface area contributed by atoms with Gasteiger partial charge in [0.2, 0.25) is 0 Å². The minimum absolute atomic E-state index is 0.428. The van der Waals surface area contributed by atoms with Gasteiger partial charge < -0.3 is 10.8 Å². The Morgan fingerprint density at radius 1 is 1.43 bits per heavy atom. The zero-order valence-corrected chi connectivity index (χ0v) is 13.4. The molecule has 1 atom stereocenters. The molecule has 6 heteroatoms. The first kappa shape index (κ1) is 14.6. The molecular weight excluding hydrogens is 284 g/mol. The third kappa shape index (κ3) is 2.97. The molecule has 2 aromatic rings. The summed E-state index contributed by atoms with van der Waals surface area (Å²) in [6, 6.07) is 2.19. The molecule has 0 saturated heterocycles. The number of anilines is 1. The summed E-state index contributed by atoms with van der Waals surface area (Å²) < 4.78 is 1.81. The Morgan fingerprint density at radius 3 is 2.95 bits per heavy atom. The van der Waals surface area contributed by atoms with Crippen molar-refractivity contribution in [1.82, 2.24) is 14.7 Å². The van der Waals surface area contributed by atoms with Gasteiger partial charge in [0.25, 0.3) is 0 Å². The molecule has 0 radical (unpaired) electrons. The number of aliphatic hydroxyl groups is 1. The van der Waals surface area contributed by atoms with Gasteiger partial charge in [0.1, 0.15) is 0 Å². The first-order valence-corrected chi connectivity index (χ1v) is 8.17. The minimum atomic E-state index is -0.428. The zero-order chi connectivity index (χ0) is 15.0. The lowest BCUT2D eigenvalue weighted by molar-refractivity contribution is 0.0887. The van der Waals surface area contributed by atoms with Crippen LogP contribution in [0.2, 0.25) is 0 Å². The Labute approximate surface area is 129 Å². The standard InChI is InChI=1S/C15H22N4OS/c1-10-15(16)11(2)19(17-10)9-13(20)8-18-5-3-14-12(7-18)4-6-21-14/h4,6,13,20H,3,5,7-9,16H2,1-2H3. The topological polar surface area (TPSA) is 67.3 Å². The second-order valence-electron chi connectivity index (χ2n) is 5.77. The summed E-state index contributed by atoms with van der Waals surface area (Å²) in [7, 11) is 0. The molecule has 1 aliphatic rings. The third-order valence-corrected chi connectivity index (χ3v) is 5.20. The molecule has 0 amide bonds. The largest absolute Gasteiger partial charge is 0.396 e. The fourth-order valence-electron chi connectivity index (χ4n) is 2.91. The maximum absolute atomic E-state index is 10.3. The molecule has 0 saturated carbocycles. The highest BCUT2D eigenvalue weighted by Gasteiger charge is 2.20. The van der Waals surface area contributed by atoms with E-state index in [9.17, 15) is 5.11 Å². The van der Waals surface area contributed by atoms with E-state index in [1.165, 1.54) is 10.4 Å². The molecule has 0 fully saturated rings. The minimum Gasteiger partial charge on any atom is -0.396 e. The van der Waals surface area contributed by atoms with E-state index >= 15 is 0 Å². The molecule has 1 unspecified atom stereocenters. The van der Waals surface area contributed by atoms with Crippen LogP contribution in [0.25, 0.3) is 0 Å². The van der Waals surface area contributed by atoms with E-state index in [0.717, 1.165) is 36.6 Å². The maximum Gasteiger partial charge on any atom is 0.0862 e. The smallest absolute Gasteiger partial charge is 0.0862 e. The van der Waals surface area contributed by atoms with Crippen LogP contribution in [0.4, 0.5) is 5.69 Å². The van der Waals surface area contributed by atoms with E-state index in [1.54, 1.807) is 0 Å². The molecule has 21 heavy (non-hydrogen) atoms. The average molecular weight is 306 g/mol. The van der Waals surface area contributed by atoms with Crippen molar-refractivity contribution in [2.45, 2.75) is 39.5 Å². The van der Waals surface area contributed by atoms with Crippen molar-refractivity contribution in [3.05, 3.63) is 33.3 Å². The van der Waals surface area contributed by atoms with Crippen LogP contribution < -0.4 is 5.73 Å². The van der Waals surface area contributed by atoms with E-state index in [4.69, 9.17) is 5.73 Å². The number of aromatic nitrogens is 2. The average Bonchev–Trinajstić information content (AvgIpc) is 3.00. The van der Waals surface area contributed by atoms with Crippen LogP contribution in [0.15, 0.2) is 11.4 Å². The second kappa shape index (κ2) is 5.79. The monoisotopic (exact) mass is 306 g/mol. The lowest BCUT2D eigenvalue weighted by Crippen LogP contribution is -2.38. The van der Waals surface area contributed by atoms with E-state index < -0.39 is 6.10 Å². The lowest BCUT2D eigenvalue weighted by atomic mass is 10.1. The summed E-state index contributed by atoms with van der Waals surface area (Å²) >= 11 is 1.84. The molecule has 0 aromatic carbocycles. The SMILES string of the molecule is Cc1nn(CC(O)CN2CCc3sccc3C2)c(C)c1N. The predicted octanol–water partition coefficient (Wildman–Crippen LogP) is 1.56. The summed E-state index contributed by atoms with van der Waals surface area (Å²) in [5.41, 5.74) is 9.84. The van der Waals surface area contributed by atoms with Crippen molar-refractivity contribution in [1.29, 1.82) is 0 Å². The normalized spacial score (nSPS) is 16.9. The van der Waals surface area contributed by atoms with Gasteiger partial charge in [0.15, 0.2) is 0 Å². The maximum atomic E-state index is 10.3. The molecule has 1 aliphatic heterocycles. The van der Waals surface area contributed by atoms with Gasteiger partial charge >= 0.3 is 0 Å². The molecule has 3 heterocycles. The number of hydrogen-bond donors (Lipinski definition) is 2. The first-order valence-electron chi connectivity index (χ1n) is 7.29. The molecule has 0 aliphatic carbocycles. The quantitative estimate of drug-likeness (QED) is 0.899. The van der Waals surface area contributed by atoms with Crippen LogP contribution >= 0.6 is 11.3 Å². The molecule has 0 bridgehead atoms. The first-order chi connectivity index (χ1) is 10.0. The Kier molecular flexibility index (Phi) is 4.01. The van der Waals surface area contributed by atoms with E-state index in [2.05, 4.69) is 21.4 Å². The highest BCUT2D eigenvalue weighted by atomic mass is 32.1. The Morgan fingerprint density at radius 2 is 2.24 bits per heavy atom. The van der Waals surface area contributed by atoms with Crippen molar-refractivity contribution in [3.63, 3.8) is 0 Å². The molecule has 5 nitrogen and oxygen atoms in total. The summed E-state index contributed by atoms with van der Waals surface area (Å²) in [4.78, 5) is 3.81. The molecule has 114 valence electrons. The van der Waals surface area contributed by atoms with Gasteiger partial charge in [-0.3, -0.25) is 9.58 Å². The number of hydrogen-bond acceptors (Lipinski definition) is 5. The Balaban J connectivity index is 1.60. The summed E-state index contributed by atoms with van der Waals surface area (Å²) in [6.07, 6.45) is 0.662. The Hall–Kier alpha value is -1.37. The van der Waals surface area contributed by atoms with Gasteiger partial charge in [-0.2, -0.15) is 5.10 Å². The number of nitrogens with two attached hydrogens (primary N) is 1.